The molecule has 16 heteroatoms. The van der Waals surface area contributed by atoms with Gasteiger partial charge in [0.2, 0.25) is 11.5 Å². The molecule has 404 valence electrons. The van der Waals surface area contributed by atoms with Crippen molar-refractivity contribution < 1.29 is 75.4 Å². The molecule has 0 fully saturated rings. The topological polar surface area (TPSA) is 145 Å². The smallest absolute Gasteiger partial charge is 0.306 e. The van der Waals surface area contributed by atoms with Gasteiger partial charge in [0.25, 0.3) is 0 Å². The number of quaternary nitrogens is 2. The van der Waals surface area contributed by atoms with Gasteiger partial charge < -0.3 is 65.8 Å². The van der Waals surface area contributed by atoms with Gasteiger partial charge in [0, 0.05) is 62.5 Å². The van der Waals surface area contributed by atoms with Gasteiger partial charge in [-0.15, -0.1) is 0 Å². The van der Waals surface area contributed by atoms with Crippen LogP contribution in [0.3, 0.4) is 0 Å². The first kappa shape index (κ1) is 56.8. The summed E-state index contributed by atoms with van der Waals surface area (Å²) in [4.78, 5) is 25.7. The quantitative estimate of drug-likeness (QED) is 0.0175. The van der Waals surface area contributed by atoms with E-state index in [9.17, 15) is 9.59 Å². The first-order chi connectivity index (χ1) is 35.7. The average Bonchev–Trinajstić information content (AvgIpc) is 3.42. The number of carbonyl (C=O) groups is 2. The number of likely N-dealkylation sites (N-methyl/N-ethyl adjacent to an activating group) is 2. The fraction of sp³-hybridized carbons (Fsp3) is 0.517. The zero-order valence-electron chi connectivity index (χ0n) is 45.9. The maximum absolute atomic E-state index is 12.9. The number of carbonyl (C=O) groups excluding carboxylic acids is 2. The molecule has 16 nitrogen and oxygen atoms in total. The van der Waals surface area contributed by atoms with E-state index in [4.69, 9.17) is 56.8 Å². The Morgan fingerprint density at radius 3 is 1.09 bits per heavy atom. The van der Waals surface area contributed by atoms with E-state index in [0.717, 1.165) is 59.1 Å². The zero-order valence-corrected chi connectivity index (χ0v) is 45.9. The Kier molecular flexibility index (Phi) is 20.4. The van der Waals surface area contributed by atoms with Crippen LogP contribution in [0.1, 0.15) is 84.0 Å². The van der Waals surface area contributed by atoms with Crippen molar-refractivity contribution >= 4 is 11.9 Å². The number of hydrogen-bond acceptors (Lipinski definition) is 14. The largest absolute Gasteiger partial charge is 0.493 e. The SMILES string of the molecule is COc1cc2c(cc1OC)[C@@H](Cc1cc(OC)c(OC)c(OC)c1)[N@+]([13CH3])(CCCO[13C](=O)CC/C=C/CC[13C](=O)OCCC[N@+]1([13CH3])CCc3cc(OC)c(OC)cc3[C@H]1Cc1cc(OC)c(OC)c(OC)c1)CC2. The van der Waals surface area contributed by atoms with Crippen molar-refractivity contribution in [3.8, 4) is 57.5 Å². The third kappa shape index (κ3) is 13.4. The van der Waals surface area contributed by atoms with Gasteiger partial charge in [0.15, 0.2) is 46.0 Å². The van der Waals surface area contributed by atoms with Crippen molar-refractivity contribution in [2.45, 2.75) is 76.3 Å². The molecule has 0 saturated carbocycles. The number of nitrogens with zero attached hydrogens (tertiary/aromatic N) is 2. The van der Waals surface area contributed by atoms with Crippen LogP contribution in [0.15, 0.2) is 60.7 Å². The third-order valence-corrected chi connectivity index (χ3v) is 15.0. The van der Waals surface area contributed by atoms with Crippen molar-refractivity contribution in [2.75, 3.05) is 125 Å². The van der Waals surface area contributed by atoms with Crippen molar-refractivity contribution in [2.24, 2.45) is 0 Å². The molecule has 0 bridgehead atoms. The second kappa shape index (κ2) is 26.6. The number of rotatable bonds is 28. The van der Waals surface area contributed by atoms with E-state index in [0.29, 0.717) is 109 Å². The van der Waals surface area contributed by atoms with E-state index in [-0.39, 0.29) is 36.9 Å². The molecule has 0 N–H and O–H groups in total. The Morgan fingerprint density at radius 1 is 0.459 bits per heavy atom. The van der Waals surface area contributed by atoms with E-state index in [2.05, 4.69) is 38.4 Å². The molecule has 0 spiro atoms. The Morgan fingerprint density at radius 2 is 0.784 bits per heavy atom. The van der Waals surface area contributed by atoms with Gasteiger partial charge in [-0.2, -0.15) is 0 Å². The molecule has 6 rings (SSSR count). The van der Waals surface area contributed by atoms with E-state index >= 15 is 0 Å². The van der Waals surface area contributed by atoms with Gasteiger partial charge in [-0.3, -0.25) is 9.59 Å². The molecule has 0 unspecified atom stereocenters. The monoisotopic (exact) mass is 1030 g/mol. The Balaban J connectivity index is 0.967. The van der Waals surface area contributed by atoms with Gasteiger partial charge in [-0.25, -0.2) is 0 Å². The molecule has 0 aliphatic carbocycles. The second-order valence-electron chi connectivity index (χ2n) is 19.4. The Labute approximate surface area is 438 Å². The molecule has 4 aromatic rings. The number of benzene rings is 4. The highest BCUT2D eigenvalue weighted by molar-refractivity contribution is 5.70. The van der Waals surface area contributed by atoms with Crippen molar-refractivity contribution in [3.63, 3.8) is 0 Å². The molecule has 0 radical (unpaired) electrons. The lowest BCUT2D eigenvalue weighted by Crippen LogP contribution is -2.52. The number of hydrogen-bond donors (Lipinski definition) is 0. The molecule has 0 saturated heterocycles. The fourth-order valence-electron chi connectivity index (χ4n) is 10.8. The molecular formula is C58H80N2O14+2. The molecule has 4 atom stereocenters. The number of allylic oxidation sites excluding steroid dienone is 2. The standard InChI is InChI=1S/C58H80N2O14/c1-59(25-21-41-35-47(63-3)49(65-5)37-43(41)45(59)29-39-31-51(67-7)57(71-11)52(32-39)68-8)23-17-27-73-55(61)19-15-13-14-16-20-56(62)74-28-18-24-60(2)26-22-42-36-48(64-4)50(66-6)38-44(42)46(60)30-40-33-53(69-9)58(72-12)54(34-40)70-10/h13-14,31-38,45-46H,15-30H2,1-12H3/q+2/b14-13+/t45-,46-,59-,60-/m1/s1/i1+1,2+1,55+1,56+1. The molecule has 0 amide bonds. The van der Waals surface area contributed by atoms with Crippen molar-refractivity contribution in [3.05, 3.63) is 94.1 Å². The Bertz CT molecular complexity index is 2340. The van der Waals surface area contributed by atoms with Gasteiger partial charge in [0.1, 0.15) is 12.1 Å². The average molecular weight is 1030 g/mol. The summed E-state index contributed by atoms with van der Waals surface area (Å²) in [6.45, 7) is 4.02. The van der Waals surface area contributed by atoms with E-state index in [1.54, 1.807) is 71.1 Å². The lowest BCUT2D eigenvalue weighted by Gasteiger charge is -2.46. The van der Waals surface area contributed by atoms with Crippen LogP contribution in [-0.4, -0.2) is 145 Å². The summed E-state index contributed by atoms with van der Waals surface area (Å²) in [5.74, 6) is 5.81. The highest BCUT2D eigenvalue weighted by Gasteiger charge is 2.42. The Hall–Kier alpha value is -6.52. The summed E-state index contributed by atoms with van der Waals surface area (Å²) < 4.78 is 69.8. The summed E-state index contributed by atoms with van der Waals surface area (Å²) in [7, 11) is 20.9. The maximum atomic E-state index is 12.9. The van der Waals surface area contributed by atoms with Gasteiger partial charge in [0.05, 0.1) is 125 Å². The summed E-state index contributed by atoms with van der Waals surface area (Å²) >= 11 is 0. The summed E-state index contributed by atoms with van der Waals surface area (Å²) in [6.07, 6.45) is 9.94. The van der Waals surface area contributed by atoms with Crippen LogP contribution in [0.2, 0.25) is 0 Å². The minimum absolute atomic E-state index is 0.0551. The van der Waals surface area contributed by atoms with Crippen LogP contribution in [-0.2, 0) is 44.7 Å². The molecule has 2 heterocycles. The lowest BCUT2D eigenvalue weighted by molar-refractivity contribution is -0.941. The van der Waals surface area contributed by atoms with Gasteiger partial charge >= 0.3 is 11.9 Å². The third-order valence-electron chi connectivity index (χ3n) is 15.0. The number of ether oxygens (including phenoxy) is 12. The number of methoxy groups -OCH3 is 10. The summed E-state index contributed by atoms with van der Waals surface area (Å²) in [5, 5.41) is 0. The normalized spacial score (nSPS) is 18.9. The highest BCUT2D eigenvalue weighted by Crippen LogP contribution is 2.47. The van der Waals surface area contributed by atoms with Crippen LogP contribution >= 0.6 is 0 Å². The predicted molar refractivity (Wildman–Crippen MR) is 282 cm³/mol. The minimum atomic E-state index is -0.246. The molecular weight excluding hydrogens is 953 g/mol. The van der Waals surface area contributed by atoms with Gasteiger partial charge in [-0.1, -0.05) is 12.2 Å². The first-order valence-corrected chi connectivity index (χ1v) is 25.5. The lowest BCUT2D eigenvalue weighted by atomic mass is 9.86. The highest BCUT2D eigenvalue weighted by atomic mass is 16.6. The molecule has 74 heavy (non-hydrogen) atoms. The fourth-order valence-corrected chi connectivity index (χ4v) is 10.8. The summed E-state index contributed by atoms with van der Waals surface area (Å²) in [5.41, 5.74) is 6.93. The minimum Gasteiger partial charge on any atom is -0.493 e. The van der Waals surface area contributed by atoms with Crippen molar-refractivity contribution in [1.29, 1.82) is 0 Å². The van der Waals surface area contributed by atoms with Gasteiger partial charge in [-0.05, 0) is 83.6 Å². The van der Waals surface area contributed by atoms with Crippen LogP contribution in [0.25, 0.3) is 0 Å². The van der Waals surface area contributed by atoms with Crippen LogP contribution in [0.4, 0.5) is 0 Å². The molecule has 2 aliphatic heterocycles. The number of fused-ring (bicyclic) bond motifs is 2. The zero-order chi connectivity index (χ0) is 53.4. The first-order valence-electron chi connectivity index (χ1n) is 25.5. The second-order valence-corrected chi connectivity index (χ2v) is 19.4. The van der Waals surface area contributed by atoms with Crippen LogP contribution in [0, 0.1) is 0 Å². The van der Waals surface area contributed by atoms with E-state index in [1.165, 1.54) is 22.3 Å². The molecule has 2 aliphatic rings. The molecule has 0 aromatic heterocycles. The molecule has 4 aromatic carbocycles. The predicted octanol–water partition coefficient (Wildman–Crippen LogP) is 9.03. The van der Waals surface area contributed by atoms with Crippen LogP contribution < -0.4 is 47.4 Å². The summed E-state index contributed by atoms with van der Waals surface area (Å²) in [6, 6.07) is 16.5. The number of esters is 2. The van der Waals surface area contributed by atoms with E-state index < -0.39 is 0 Å². The van der Waals surface area contributed by atoms with Crippen molar-refractivity contribution in [1.82, 2.24) is 0 Å². The maximum Gasteiger partial charge on any atom is 0.306 e. The van der Waals surface area contributed by atoms with E-state index in [1.807, 2.05) is 36.4 Å². The van der Waals surface area contributed by atoms with Crippen LogP contribution in [0.5, 0.6) is 57.5 Å².